The summed E-state index contributed by atoms with van der Waals surface area (Å²) in [5, 5.41) is 12.1. The van der Waals surface area contributed by atoms with Crippen LogP contribution < -0.4 is 5.32 Å². The number of pyridine rings is 1. The molecule has 4 nitrogen and oxygen atoms in total. The molecule has 0 aliphatic heterocycles. The van der Waals surface area contributed by atoms with Crippen LogP contribution in [0.15, 0.2) is 30.3 Å². The fraction of sp³-hybridized carbons (Fsp3) is 0.0769. The topological polar surface area (TPSA) is 62.2 Å². The summed E-state index contributed by atoms with van der Waals surface area (Å²) in [5.41, 5.74) is 0.859. The monoisotopic (exact) mass is 280 g/mol. The van der Waals surface area contributed by atoms with E-state index < -0.39 is 11.8 Å². The van der Waals surface area contributed by atoms with E-state index in [9.17, 15) is 9.18 Å². The van der Waals surface area contributed by atoms with E-state index in [0.29, 0.717) is 22.2 Å². The number of aromatic carboxylic acids is 1. The van der Waals surface area contributed by atoms with Gasteiger partial charge in [0, 0.05) is 0 Å². The van der Waals surface area contributed by atoms with Crippen LogP contribution in [-0.2, 0) is 0 Å². The molecular formula is C13H10ClFN2O2. The van der Waals surface area contributed by atoms with E-state index in [4.69, 9.17) is 16.7 Å². The third kappa shape index (κ3) is 3.00. The minimum absolute atomic E-state index is 0.121. The Balaban J connectivity index is 2.31. The second-order valence-corrected chi connectivity index (χ2v) is 4.29. The lowest BCUT2D eigenvalue weighted by Gasteiger charge is -2.09. The molecule has 2 aromatic rings. The Bertz CT molecular complexity index is 647. The van der Waals surface area contributed by atoms with Crippen molar-refractivity contribution in [3.63, 3.8) is 0 Å². The van der Waals surface area contributed by atoms with Crippen LogP contribution in [0, 0.1) is 12.7 Å². The normalized spacial score (nSPS) is 10.3. The molecule has 6 heteroatoms. The second kappa shape index (κ2) is 5.24. The smallest absolute Gasteiger partial charge is 0.337 e. The number of halogens is 2. The summed E-state index contributed by atoms with van der Waals surface area (Å²) in [6, 6.07) is 6.85. The van der Waals surface area contributed by atoms with Gasteiger partial charge in [-0.25, -0.2) is 14.2 Å². The van der Waals surface area contributed by atoms with E-state index in [2.05, 4.69) is 10.3 Å². The molecule has 2 N–H and O–H groups in total. The molecule has 0 aliphatic carbocycles. The lowest BCUT2D eigenvalue weighted by Crippen LogP contribution is -2.03. The highest BCUT2D eigenvalue weighted by molar-refractivity contribution is 6.33. The number of carbonyl (C=O) groups is 1. The average molecular weight is 281 g/mol. The van der Waals surface area contributed by atoms with Gasteiger partial charge in [-0.15, -0.1) is 0 Å². The van der Waals surface area contributed by atoms with Crippen LogP contribution in [-0.4, -0.2) is 16.1 Å². The van der Waals surface area contributed by atoms with Gasteiger partial charge >= 0.3 is 5.97 Å². The summed E-state index contributed by atoms with van der Waals surface area (Å²) in [5.74, 6) is -1.07. The zero-order valence-electron chi connectivity index (χ0n) is 9.95. The number of hydrogen-bond donors (Lipinski definition) is 2. The Hall–Kier alpha value is -2.14. The van der Waals surface area contributed by atoms with Gasteiger partial charge in [0.05, 0.1) is 22.0 Å². The number of aryl methyl sites for hydroxylation is 1. The summed E-state index contributed by atoms with van der Waals surface area (Å²) in [4.78, 5) is 14.9. The Morgan fingerprint density at radius 1 is 1.37 bits per heavy atom. The molecule has 98 valence electrons. The minimum atomic E-state index is -1.04. The molecule has 0 aliphatic rings. The van der Waals surface area contributed by atoms with Gasteiger partial charge in [0.1, 0.15) is 11.6 Å². The number of benzene rings is 1. The Morgan fingerprint density at radius 3 is 2.74 bits per heavy atom. The van der Waals surface area contributed by atoms with Crippen LogP contribution in [0.3, 0.4) is 0 Å². The van der Waals surface area contributed by atoms with E-state index in [1.54, 1.807) is 6.92 Å². The van der Waals surface area contributed by atoms with Crippen molar-refractivity contribution in [3.8, 4) is 0 Å². The predicted molar refractivity (Wildman–Crippen MR) is 70.6 cm³/mol. The number of rotatable bonds is 3. The van der Waals surface area contributed by atoms with Gasteiger partial charge in [-0.1, -0.05) is 11.6 Å². The maximum absolute atomic E-state index is 13.1. The van der Waals surface area contributed by atoms with E-state index in [-0.39, 0.29) is 5.56 Å². The molecule has 1 aromatic heterocycles. The van der Waals surface area contributed by atoms with E-state index in [1.165, 1.54) is 30.3 Å². The highest BCUT2D eigenvalue weighted by Crippen LogP contribution is 2.25. The molecule has 0 saturated heterocycles. The van der Waals surface area contributed by atoms with Gasteiger partial charge in [0.15, 0.2) is 0 Å². The lowest BCUT2D eigenvalue weighted by atomic mass is 10.2. The molecule has 0 fully saturated rings. The van der Waals surface area contributed by atoms with Crippen LogP contribution in [0.25, 0.3) is 0 Å². The summed E-state index contributed by atoms with van der Waals surface area (Å²) < 4.78 is 13.1. The summed E-state index contributed by atoms with van der Waals surface area (Å²) in [7, 11) is 0. The quantitative estimate of drug-likeness (QED) is 0.901. The zero-order valence-corrected chi connectivity index (χ0v) is 10.7. The third-order valence-electron chi connectivity index (χ3n) is 2.51. The van der Waals surface area contributed by atoms with Gasteiger partial charge in [0.2, 0.25) is 0 Å². The lowest BCUT2D eigenvalue weighted by molar-refractivity contribution is 0.0695. The van der Waals surface area contributed by atoms with E-state index in [1.807, 2.05) is 0 Å². The number of nitrogens with one attached hydrogen (secondary N) is 1. The Labute approximate surface area is 113 Å². The zero-order chi connectivity index (χ0) is 14.0. The first-order valence-electron chi connectivity index (χ1n) is 5.40. The van der Waals surface area contributed by atoms with Crippen molar-refractivity contribution in [2.45, 2.75) is 6.92 Å². The van der Waals surface area contributed by atoms with E-state index in [0.717, 1.165) is 0 Å². The van der Waals surface area contributed by atoms with Crippen molar-refractivity contribution < 1.29 is 14.3 Å². The first-order chi connectivity index (χ1) is 8.97. The largest absolute Gasteiger partial charge is 0.478 e. The van der Waals surface area contributed by atoms with Gasteiger partial charge in [-0.2, -0.15) is 0 Å². The molecule has 0 saturated carbocycles. The summed E-state index contributed by atoms with van der Waals surface area (Å²) >= 11 is 5.92. The predicted octanol–water partition coefficient (Wildman–Crippen LogP) is 3.62. The number of nitrogens with zero attached hydrogens (tertiary/aromatic N) is 1. The van der Waals surface area contributed by atoms with Gasteiger partial charge in [0.25, 0.3) is 0 Å². The third-order valence-corrected chi connectivity index (χ3v) is 2.84. The van der Waals surface area contributed by atoms with Crippen LogP contribution in [0.1, 0.15) is 16.1 Å². The summed E-state index contributed by atoms with van der Waals surface area (Å²) in [6.07, 6.45) is 0. The van der Waals surface area contributed by atoms with Crippen molar-refractivity contribution in [1.29, 1.82) is 0 Å². The molecule has 0 unspecified atom stereocenters. The number of carboxylic acid groups (broad SMARTS) is 1. The van der Waals surface area contributed by atoms with Crippen LogP contribution in [0.4, 0.5) is 15.9 Å². The first kappa shape index (κ1) is 13.3. The van der Waals surface area contributed by atoms with Crippen LogP contribution in [0.2, 0.25) is 5.02 Å². The number of hydrogen-bond acceptors (Lipinski definition) is 3. The van der Waals surface area contributed by atoms with Crippen molar-refractivity contribution in [2.75, 3.05) is 5.32 Å². The van der Waals surface area contributed by atoms with Crippen molar-refractivity contribution in [3.05, 3.63) is 52.4 Å². The van der Waals surface area contributed by atoms with Crippen LogP contribution in [0.5, 0.6) is 0 Å². The van der Waals surface area contributed by atoms with Gasteiger partial charge < -0.3 is 10.4 Å². The van der Waals surface area contributed by atoms with Gasteiger partial charge in [-0.3, -0.25) is 0 Å². The number of aromatic nitrogens is 1. The number of anilines is 2. The SMILES string of the molecule is Cc1nc(Nc2cc(F)ccc2Cl)ccc1C(=O)O. The minimum Gasteiger partial charge on any atom is -0.478 e. The molecule has 2 rings (SSSR count). The van der Waals surface area contributed by atoms with Crippen molar-refractivity contribution >= 4 is 29.1 Å². The van der Waals surface area contributed by atoms with Crippen molar-refractivity contribution in [2.24, 2.45) is 0 Å². The first-order valence-corrected chi connectivity index (χ1v) is 5.78. The standard InChI is InChI=1S/C13H10ClFN2O2/c1-7-9(13(18)19)3-5-12(16-7)17-11-6-8(15)2-4-10(11)14/h2-6H,1H3,(H,16,17)(H,18,19). The Kier molecular flexibility index (Phi) is 3.66. The Morgan fingerprint density at radius 2 is 2.11 bits per heavy atom. The molecule has 0 atom stereocenters. The number of carboxylic acids is 1. The fourth-order valence-corrected chi connectivity index (χ4v) is 1.75. The molecule has 0 amide bonds. The molecule has 0 spiro atoms. The molecule has 1 heterocycles. The molecule has 1 aromatic carbocycles. The highest BCUT2D eigenvalue weighted by atomic mass is 35.5. The second-order valence-electron chi connectivity index (χ2n) is 3.88. The van der Waals surface area contributed by atoms with E-state index >= 15 is 0 Å². The highest BCUT2D eigenvalue weighted by Gasteiger charge is 2.09. The van der Waals surface area contributed by atoms with Crippen LogP contribution >= 0.6 is 11.6 Å². The fourth-order valence-electron chi connectivity index (χ4n) is 1.59. The summed E-state index contributed by atoms with van der Waals surface area (Å²) in [6.45, 7) is 1.59. The van der Waals surface area contributed by atoms with Crippen molar-refractivity contribution in [1.82, 2.24) is 4.98 Å². The molecule has 19 heavy (non-hydrogen) atoms. The average Bonchev–Trinajstić information content (AvgIpc) is 2.33. The molecule has 0 bridgehead atoms. The van der Waals surface area contributed by atoms with Gasteiger partial charge in [-0.05, 0) is 37.3 Å². The maximum Gasteiger partial charge on any atom is 0.337 e. The molecular weight excluding hydrogens is 271 g/mol. The maximum atomic E-state index is 13.1. The molecule has 0 radical (unpaired) electrons.